The molecule has 2 unspecified atom stereocenters. The van der Waals surface area contributed by atoms with Crippen LogP contribution in [0.2, 0.25) is 0 Å². The molecular weight excluding hydrogens is 248 g/mol. The van der Waals surface area contributed by atoms with Crippen LogP contribution in [-0.4, -0.2) is 50.2 Å². The molecule has 0 bridgehead atoms. The van der Waals surface area contributed by atoms with E-state index in [0.717, 1.165) is 0 Å². The summed E-state index contributed by atoms with van der Waals surface area (Å²) in [5.41, 5.74) is 5.04. The van der Waals surface area contributed by atoms with Crippen LogP contribution in [0, 0.1) is 0 Å². The zero-order valence-corrected chi connectivity index (χ0v) is 12.7. The lowest BCUT2D eigenvalue weighted by atomic mass is 10.2. The molecule has 0 aliphatic carbocycles. The molecule has 0 fully saturated rings. The largest absolute Gasteiger partial charge is 0.444 e. The zero-order valence-electron chi connectivity index (χ0n) is 12.7. The molecule has 0 spiro atoms. The van der Waals surface area contributed by atoms with E-state index in [-0.39, 0.29) is 12.1 Å². The van der Waals surface area contributed by atoms with Gasteiger partial charge in [-0.05, 0) is 34.6 Å². The Morgan fingerprint density at radius 3 is 2.16 bits per heavy atom. The molecule has 0 aliphatic rings. The third-order valence-corrected chi connectivity index (χ3v) is 1.88. The Balaban J connectivity index is 3.54. The molecule has 6 heteroatoms. The summed E-state index contributed by atoms with van der Waals surface area (Å²) in [4.78, 5) is 11.5. The molecule has 1 amide bonds. The Labute approximate surface area is 116 Å². The first-order chi connectivity index (χ1) is 8.70. The molecule has 0 aromatic heterocycles. The van der Waals surface area contributed by atoms with E-state index in [1.54, 1.807) is 0 Å². The number of carbonyl (C=O) groups is 1. The van der Waals surface area contributed by atoms with Crippen LogP contribution in [0.15, 0.2) is 0 Å². The van der Waals surface area contributed by atoms with Gasteiger partial charge in [-0.15, -0.1) is 0 Å². The molecule has 0 rings (SSSR count). The van der Waals surface area contributed by atoms with E-state index >= 15 is 0 Å². The van der Waals surface area contributed by atoms with E-state index in [4.69, 9.17) is 19.9 Å². The number of ether oxygens (including phenoxy) is 3. The summed E-state index contributed by atoms with van der Waals surface area (Å²) in [6.45, 7) is 11.1. The molecule has 0 saturated carbocycles. The summed E-state index contributed by atoms with van der Waals surface area (Å²) in [6.07, 6.45) is -0.434. The highest BCUT2D eigenvalue weighted by Gasteiger charge is 2.17. The number of alkyl carbamates (subject to hydrolysis) is 1. The van der Waals surface area contributed by atoms with Gasteiger partial charge in [0, 0.05) is 6.04 Å². The molecule has 6 nitrogen and oxygen atoms in total. The molecule has 3 N–H and O–H groups in total. The smallest absolute Gasteiger partial charge is 0.407 e. The van der Waals surface area contributed by atoms with Crippen LogP contribution in [0.5, 0.6) is 0 Å². The van der Waals surface area contributed by atoms with Crippen molar-refractivity contribution < 1.29 is 19.0 Å². The van der Waals surface area contributed by atoms with Crippen molar-refractivity contribution in [3.63, 3.8) is 0 Å². The number of nitrogens with two attached hydrogens (primary N) is 1. The second-order valence-corrected chi connectivity index (χ2v) is 5.67. The number of rotatable bonds is 8. The van der Waals surface area contributed by atoms with Crippen LogP contribution in [0.25, 0.3) is 0 Å². The topological polar surface area (TPSA) is 82.8 Å². The van der Waals surface area contributed by atoms with E-state index in [2.05, 4.69) is 5.32 Å². The fourth-order valence-electron chi connectivity index (χ4n) is 1.20. The van der Waals surface area contributed by atoms with Gasteiger partial charge in [0.05, 0.1) is 32.5 Å². The Morgan fingerprint density at radius 2 is 1.68 bits per heavy atom. The Morgan fingerprint density at radius 1 is 1.16 bits per heavy atom. The van der Waals surface area contributed by atoms with Gasteiger partial charge in [-0.25, -0.2) is 4.79 Å². The average molecular weight is 276 g/mol. The van der Waals surface area contributed by atoms with Crippen molar-refractivity contribution >= 4 is 6.09 Å². The van der Waals surface area contributed by atoms with E-state index in [9.17, 15) is 4.79 Å². The number of nitrogens with one attached hydrogen (secondary N) is 1. The number of carbonyl (C=O) groups excluding carboxylic acids is 1. The molecule has 0 radical (unpaired) electrons. The number of amides is 1. The summed E-state index contributed by atoms with van der Waals surface area (Å²) < 4.78 is 15.8. The molecular formula is C13H28N2O4. The van der Waals surface area contributed by atoms with Gasteiger partial charge in [0.25, 0.3) is 0 Å². The third kappa shape index (κ3) is 13.4. The third-order valence-electron chi connectivity index (χ3n) is 1.88. The highest BCUT2D eigenvalue weighted by molar-refractivity contribution is 5.68. The van der Waals surface area contributed by atoms with Crippen molar-refractivity contribution in [2.45, 2.75) is 52.3 Å². The molecule has 0 aromatic rings. The van der Waals surface area contributed by atoms with Crippen molar-refractivity contribution in [1.29, 1.82) is 0 Å². The summed E-state index contributed by atoms with van der Waals surface area (Å²) in [6, 6.07) is -0.0731. The van der Waals surface area contributed by atoms with Crippen LogP contribution >= 0.6 is 0 Å². The van der Waals surface area contributed by atoms with Gasteiger partial charge in [0.1, 0.15) is 5.60 Å². The van der Waals surface area contributed by atoms with Crippen LogP contribution < -0.4 is 11.1 Å². The number of hydrogen-bond acceptors (Lipinski definition) is 5. The van der Waals surface area contributed by atoms with Gasteiger partial charge in [0.15, 0.2) is 0 Å². The van der Waals surface area contributed by atoms with E-state index in [1.165, 1.54) is 0 Å². The van der Waals surface area contributed by atoms with Gasteiger partial charge in [-0.2, -0.15) is 0 Å². The fourth-order valence-corrected chi connectivity index (χ4v) is 1.20. The van der Waals surface area contributed by atoms with Gasteiger partial charge in [-0.1, -0.05) is 0 Å². The number of hydrogen-bond donors (Lipinski definition) is 2. The van der Waals surface area contributed by atoms with E-state index in [1.807, 2.05) is 34.6 Å². The normalized spacial score (nSPS) is 14.8. The van der Waals surface area contributed by atoms with Crippen LogP contribution in [0.3, 0.4) is 0 Å². The second kappa shape index (κ2) is 9.12. The lowest BCUT2D eigenvalue weighted by molar-refractivity contribution is 0.0293. The molecule has 2 atom stereocenters. The summed E-state index contributed by atoms with van der Waals surface area (Å²) in [5, 5.41) is 2.70. The molecule has 0 heterocycles. The first-order valence-corrected chi connectivity index (χ1v) is 6.61. The Hall–Kier alpha value is -0.850. The standard InChI is InChI=1S/C13H28N2O4/c1-10(14)8-17-6-7-18-9-11(2)15-12(16)19-13(3,4)5/h10-11H,6-9,14H2,1-5H3,(H,15,16). The zero-order chi connectivity index (χ0) is 14.9. The van der Waals surface area contributed by atoms with Crippen LogP contribution in [-0.2, 0) is 14.2 Å². The summed E-state index contributed by atoms with van der Waals surface area (Å²) >= 11 is 0. The molecule has 0 saturated heterocycles. The second-order valence-electron chi connectivity index (χ2n) is 5.67. The first kappa shape index (κ1) is 18.1. The molecule has 0 aromatic carbocycles. The SMILES string of the molecule is CC(N)COCCOCC(C)NC(=O)OC(C)(C)C. The lowest BCUT2D eigenvalue weighted by Crippen LogP contribution is -2.40. The van der Waals surface area contributed by atoms with Crippen molar-refractivity contribution in [2.75, 3.05) is 26.4 Å². The van der Waals surface area contributed by atoms with Gasteiger partial charge >= 0.3 is 6.09 Å². The Bertz CT molecular complexity index is 252. The quantitative estimate of drug-likeness (QED) is 0.653. The summed E-state index contributed by atoms with van der Waals surface area (Å²) in [7, 11) is 0. The van der Waals surface area contributed by atoms with Crippen LogP contribution in [0.1, 0.15) is 34.6 Å². The van der Waals surface area contributed by atoms with Crippen molar-refractivity contribution in [3.05, 3.63) is 0 Å². The minimum absolute atomic E-state index is 0.0350. The predicted molar refractivity (Wildman–Crippen MR) is 74.1 cm³/mol. The Kier molecular flexibility index (Phi) is 8.71. The predicted octanol–water partition coefficient (Wildman–Crippen LogP) is 1.28. The molecule has 0 aliphatic heterocycles. The first-order valence-electron chi connectivity index (χ1n) is 6.61. The summed E-state index contributed by atoms with van der Waals surface area (Å²) in [5.74, 6) is 0. The monoisotopic (exact) mass is 276 g/mol. The van der Waals surface area contributed by atoms with E-state index in [0.29, 0.717) is 26.4 Å². The maximum atomic E-state index is 11.5. The highest BCUT2D eigenvalue weighted by atomic mass is 16.6. The fraction of sp³-hybridized carbons (Fsp3) is 0.923. The van der Waals surface area contributed by atoms with Gasteiger partial charge in [0.2, 0.25) is 0 Å². The van der Waals surface area contributed by atoms with Gasteiger partial charge in [-0.3, -0.25) is 0 Å². The van der Waals surface area contributed by atoms with Crippen molar-refractivity contribution in [2.24, 2.45) is 5.73 Å². The lowest BCUT2D eigenvalue weighted by Gasteiger charge is -2.21. The minimum Gasteiger partial charge on any atom is -0.444 e. The van der Waals surface area contributed by atoms with Crippen molar-refractivity contribution in [1.82, 2.24) is 5.32 Å². The molecule has 114 valence electrons. The highest BCUT2D eigenvalue weighted by Crippen LogP contribution is 2.06. The van der Waals surface area contributed by atoms with Crippen molar-refractivity contribution in [3.8, 4) is 0 Å². The van der Waals surface area contributed by atoms with E-state index < -0.39 is 11.7 Å². The van der Waals surface area contributed by atoms with Gasteiger partial charge < -0.3 is 25.3 Å². The average Bonchev–Trinajstić information content (AvgIpc) is 2.19. The minimum atomic E-state index is -0.489. The van der Waals surface area contributed by atoms with Crippen LogP contribution in [0.4, 0.5) is 4.79 Å². The molecule has 19 heavy (non-hydrogen) atoms. The maximum absolute atomic E-state index is 11.5. The maximum Gasteiger partial charge on any atom is 0.407 e.